The summed E-state index contributed by atoms with van der Waals surface area (Å²) < 4.78 is 5.21. The van der Waals surface area contributed by atoms with Gasteiger partial charge in [0.2, 0.25) is 5.91 Å². The number of aryl methyl sites for hydroxylation is 2. The first-order valence-electron chi connectivity index (χ1n) is 10.2. The molecule has 4 heteroatoms. The van der Waals surface area contributed by atoms with E-state index in [9.17, 15) is 9.90 Å². The highest BCUT2D eigenvalue weighted by atomic mass is 16.6. The summed E-state index contributed by atoms with van der Waals surface area (Å²) in [5, 5.41) is 12.3. The lowest BCUT2D eigenvalue weighted by Crippen LogP contribution is -2.46. The standard InChI is InChI=1S/C15H21NO3.C9H10/c1-15(2,18)16-14(17)12(9-13-10-19-13)8-11-6-4-3-5-7-11;1-2-5-9-7-3-6-8(9)4-1/h3-7,12-13,18H,8-10H2,1-2H3,(H,16,17);1-2,4-5H,3,6-7H2/t12?,13-;/m0./s1. The van der Waals surface area contributed by atoms with Gasteiger partial charge in [0.25, 0.3) is 0 Å². The fourth-order valence-corrected chi connectivity index (χ4v) is 3.62. The van der Waals surface area contributed by atoms with Gasteiger partial charge in [-0.3, -0.25) is 4.79 Å². The third-order valence-corrected chi connectivity index (χ3v) is 5.09. The minimum absolute atomic E-state index is 0.119. The fraction of sp³-hybridized carbons (Fsp3) is 0.458. The molecular weight excluding hydrogens is 350 g/mol. The first-order valence-corrected chi connectivity index (χ1v) is 10.2. The lowest BCUT2D eigenvalue weighted by Gasteiger charge is -2.23. The molecule has 2 N–H and O–H groups in total. The van der Waals surface area contributed by atoms with Crippen LogP contribution in [0.1, 0.15) is 43.4 Å². The van der Waals surface area contributed by atoms with Crippen molar-refractivity contribution >= 4 is 5.91 Å². The minimum atomic E-state index is -1.18. The van der Waals surface area contributed by atoms with Crippen LogP contribution in [0.2, 0.25) is 0 Å². The Morgan fingerprint density at radius 3 is 2.21 bits per heavy atom. The van der Waals surface area contributed by atoms with Gasteiger partial charge < -0.3 is 15.2 Å². The maximum atomic E-state index is 12.2. The Balaban J connectivity index is 0.000000206. The molecule has 4 rings (SSSR count). The Morgan fingerprint density at radius 2 is 1.68 bits per heavy atom. The van der Waals surface area contributed by atoms with Crippen LogP contribution in [0.15, 0.2) is 54.6 Å². The molecule has 28 heavy (non-hydrogen) atoms. The summed E-state index contributed by atoms with van der Waals surface area (Å²) >= 11 is 0. The molecule has 1 aliphatic carbocycles. The third kappa shape index (κ3) is 6.77. The zero-order valence-electron chi connectivity index (χ0n) is 16.9. The monoisotopic (exact) mass is 381 g/mol. The van der Waals surface area contributed by atoms with E-state index in [0.717, 1.165) is 12.2 Å². The highest BCUT2D eigenvalue weighted by molar-refractivity contribution is 5.79. The van der Waals surface area contributed by atoms with Gasteiger partial charge in [0.05, 0.1) is 12.7 Å². The van der Waals surface area contributed by atoms with E-state index >= 15 is 0 Å². The van der Waals surface area contributed by atoms with Gasteiger partial charge >= 0.3 is 0 Å². The summed E-state index contributed by atoms with van der Waals surface area (Å²) in [5.74, 6) is -0.284. The van der Waals surface area contributed by atoms with Gasteiger partial charge in [0, 0.05) is 5.92 Å². The second-order valence-corrected chi connectivity index (χ2v) is 8.25. The molecule has 2 atom stereocenters. The van der Waals surface area contributed by atoms with Gasteiger partial charge in [-0.05, 0) is 62.6 Å². The summed E-state index contributed by atoms with van der Waals surface area (Å²) in [6.07, 6.45) is 5.53. The number of carbonyl (C=O) groups excluding carboxylic acids is 1. The molecule has 1 amide bonds. The molecule has 1 fully saturated rings. The smallest absolute Gasteiger partial charge is 0.225 e. The lowest BCUT2D eigenvalue weighted by molar-refractivity contribution is -0.131. The summed E-state index contributed by atoms with van der Waals surface area (Å²) in [7, 11) is 0. The zero-order valence-corrected chi connectivity index (χ0v) is 16.9. The van der Waals surface area contributed by atoms with Crippen molar-refractivity contribution in [3.8, 4) is 0 Å². The predicted molar refractivity (Wildman–Crippen MR) is 111 cm³/mol. The van der Waals surface area contributed by atoms with Crippen molar-refractivity contribution in [2.45, 2.75) is 57.8 Å². The second kappa shape index (κ2) is 9.35. The summed E-state index contributed by atoms with van der Waals surface area (Å²) in [4.78, 5) is 12.2. The Kier molecular flexibility index (Phi) is 6.87. The van der Waals surface area contributed by atoms with Crippen LogP contribution in [0.5, 0.6) is 0 Å². The number of amides is 1. The number of carbonyl (C=O) groups is 1. The molecule has 2 aromatic carbocycles. The predicted octanol–water partition coefficient (Wildman–Crippen LogP) is 3.65. The number of ether oxygens (including phenoxy) is 1. The molecule has 0 saturated carbocycles. The lowest BCUT2D eigenvalue weighted by atomic mass is 9.93. The fourth-order valence-electron chi connectivity index (χ4n) is 3.62. The maximum Gasteiger partial charge on any atom is 0.225 e. The number of fused-ring (bicyclic) bond motifs is 1. The van der Waals surface area contributed by atoms with Crippen LogP contribution >= 0.6 is 0 Å². The van der Waals surface area contributed by atoms with Crippen LogP contribution < -0.4 is 5.32 Å². The number of rotatable bonds is 6. The first-order chi connectivity index (χ1) is 13.4. The van der Waals surface area contributed by atoms with Gasteiger partial charge in [-0.15, -0.1) is 0 Å². The molecular formula is C24H31NO3. The van der Waals surface area contributed by atoms with E-state index in [0.29, 0.717) is 12.8 Å². The van der Waals surface area contributed by atoms with Crippen molar-refractivity contribution in [1.82, 2.24) is 5.32 Å². The number of hydrogen-bond acceptors (Lipinski definition) is 3. The van der Waals surface area contributed by atoms with E-state index in [1.807, 2.05) is 30.3 Å². The van der Waals surface area contributed by atoms with E-state index in [4.69, 9.17) is 4.74 Å². The van der Waals surface area contributed by atoms with Gasteiger partial charge in [-0.1, -0.05) is 54.6 Å². The van der Waals surface area contributed by atoms with E-state index in [1.165, 1.54) is 19.3 Å². The van der Waals surface area contributed by atoms with E-state index in [1.54, 1.807) is 25.0 Å². The number of benzene rings is 2. The van der Waals surface area contributed by atoms with Crippen molar-refractivity contribution < 1.29 is 14.6 Å². The first kappa shape index (κ1) is 20.6. The quantitative estimate of drug-likeness (QED) is 0.593. The minimum Gasteiger partial charge on any atom is -0.373 e. The molecule has 150 valence electrons. The number of epoxide rings is 1. The van der Waals surface area contributed by atoms with E-state index in [2.05, 4.69) is 29.6 Å². The molecule has 2 aromatic rings. The van der Waals surface area contributed by atoms with Crippen LogP contribution in [0, 0.1) is 5.92 Å². The van der Waals surface area contributed by atoms with Crippen LogP contribution in [-0.2, 0) is 28.8 Å². The Morgan fingerprint density at radius 1 is 1.11 bits per heavy atom. The van der Waals surface area contributed by atoms with Crippen molar-refractivity contribution in [1.29, 1.82) is 0 Å². The molecule has 0 spiro atoms. The van der Waals surface area contributed by atoms with Crippen molar-refractivity contribution in [2.75, 3.05) is 6.61 Å². The van der Waals surface area contributed by atoms with Crippen LogP contribution in [0.4, 0.5) is 0 Å². The van der Waals surface area contributed by atoms with Gasteiger partial charge in [0.15, 0.2) is 0 Å². The molecule has 0 aromatic heterocycles. The molecule has 1 aliphatic heterocycles. The highest BCUT2D eigenvalue weighted by Crippen LogP contribution is 2.23. The average Bonchev–Trinajstić information content (AvgIpc) is 3.34. The molecule has 1 heterocycles. The van der Waals surface area contributed by atoms with E-state index < -0.39 is 5.72 Å². The molecule has 2 aliphatic rings. The Labute approximate surface area is 167 Å². The Hall–Kier alpha value is -2.17. The summed E-state index contributed by atoms with van der Waals surface area (Å²) in [6, 6.07) is 18.6. The van der Waals surface area contributed by atoms with Crippen molar-refractivity contribution in [2.24, 2.45) is 5.92 Å². The van der Waals surface area contributed by atoms with Gasteiger partial charge in [-0.25, -0.2) is 0 Å². The molecule has 1 saturated heterocycles. The number of nitrogens with one attached hydrogen (secondary N) is 1. The second-order valence-electron chi connectivity index (χ2n) is 8.25. The van der Waals surface area contributed by atoms with Crippen molar-refractivity contribution in [3.05, 3.63) is 71.3 Å². The molecule has 1 unspecified atom stereocenters. The highest BCUT2D eigenvalue weighted by Gasteiger charge is 2.32. The molecule has 4 nitrogen and oxygen atoms in total. The normalized spacial score (nSPS) is 18.5. The topological polar surface area (TPSA) is 61.9 Å². The largest absolute Gasteiger partial charge is 0.373 e. The molecule has 0 radical (unpaired) electrons. The average molecular weight is 382 g/mol. The van der Waals surface area contributed by atoms with Crippen LogP contribution in [-0.4, -0.2) is 29.4 Å². The third-order valence-electron chi connectivity index (χ3n) is 5.09. The van der Waals surface area contributed by atoms with Crippen LogP contribution in [0.25, 0.3) is 0 Å². The van der Waals surface area contributed by atoms with Crippen LogP contribution in [0.3, 0.4) is 0 Å². The molecule has 0 bridgehead atoms. The van der Waals surface area contributed by atoms with E-state index in [-0.39, 0.29) is 17.9 Å². The number of hydrogen-bond donors (Lipinski definition) is 2. The van der Waals surface area contributed by atoms with Crippen molar-refractivity contribution in [3.63, 3.8) is 0 Å². The SMILES string of the molecule is CC(C)(O)NC(=O)C(Cc1ccccc1)C[C@H]1CO1.c1ccc2c(c1)CCC2. The van der Waals surface area contributed by atoms with Gasteiger partial charge in [0.1, 0.15) is 5.72 Å². The maximum absolute atomic E-state index is 12.2. The number of aliphatic hydroxyl groups is 1. The van der Waals surface area contributed by atoms with Gasteiger partial charge in [-0.2, -0.15) is 0 Å². The summed E-state index contributed by atoms with van der Waals surface area (Å²) in [5.41, 5.74) is 3.07. The Bertz CT molecular complexity index is 740. The zero-order chi connectivity index (χ0) is 20.0. The summed E-state index contributed by atoms with van der Waals surface area (Å²) in [6.45, 7) is 3.87.